The highest BCUT2D eigenvalue weighted by Gasteiger charge is 2.01. The van der Waals surface area contributed by atoms with Crippen LogP contribution in [0.1, 0.15) is 11.3 Å². The van der Waals surface area contributed by atoms with Crippen molar-refractivity contribution < 1.29 is 4.58 Å². The maximum atomic E-state index is 4.22. The van der Waals surface area contributed by atoms with E-state index in [0.29, 0.717) is 0 Å². The molecule has 0 N–H and O–H groups in total. The van der Waals surface area contributed by atoms with Crippen LogP contribution >= 0.6 is 0 Å². The van der Waals surface area contributed by atoms with Gasteiger partial charge in [0.05, 0.1) is 11.3 Å². The van der Waals surface area contributed by atoms with E-state index in [0.717, 1.165) is 5.69 Å². The van der Waals surface area contributed by atoms with Crippen LogP contribution in [-0.4, -0.2) is 34.7 Å². The first-order chi connectivity index (χ1) is 5.09. The minimum atomic E-state index is 1.07. The zero-order valence-corrected chi connectivity index (χ0v) is 7.50. The third-order valence-corrected chi connectivity index (χ3v) is 1.45. The van der Waals surface area contributed by atoms with Gasteiger partial charge in [-0.05, 0) is 6.92 Å². The Morgan fingerprint density at radius 1 is 1.55 bits per heavy atom. The molecule has 3 heteroatoms. The highest BCUT2D eigenvalue weighted by atomic mass is 15.2. The number of aromatic nitrogens is 2. The molecule has 60 valence electrons. The first kappa shape index (κ1) is 7.98. The van der Waals surface area contributed by atoms with Crippen LogP contribution in [0.25, 0.3) is 0 Å². The molecule has 1 aromatic heterocycles. The summed E-state index contributed by atoms with van der Waals surface area (Å²) in [7, 11) is 5.94. The highest BCUT2D eigenvalue weighted by molar-refractivity contribution is 5.76. The number of hydrogen-bond acceptors (Lipinski definition) is 1. The van der Waals surface area contributed by atoms with Gasteiger partial charge in [0, 0.05) is 13.2 Å². The minimum Gasteiger partial charge on any atom is -0.275 e. The monoisotopic (exact) mass is 152 g/mol. The van der Waals surface area contributed by atoms with Crippen LogP contribution in [0.3, 0.4) is 0 Å². The first-order valence-corrected chi connectivity index (χ1v) is 3.61. The van der Waals surface area contributed by atoms with Gasteiger partial charge < -0.3 is 0 Å². The van der Waals surface area contributed by atoms with Crippen LogP contribution < -0.4 is 0 Å². The summed E-state index contributed by atoms with van der Waals surface area (Å²) in [5, 5.41) is 4.22. The van der Waals surface area contributed by atoms with E-state index in [2.05, 4.69) is 11.3 Å². The predicted octanol–water partition coefficient (Wildman–Crippen LogP) is 0.420. The van der Waals surface area contributed by atoms with Crippen molar-refractivity contribution in [1.82, 2.24) is 9.78 Å². The lowest BCUT2D eigenvalue weighted by atomic mass is 10.3. The van der Waals surface area contributed by atoms with Crippen molar-refractivity contribution in [2.45, 2.75) is 6.92 Å². The van der Waals surface area contributed by atoms with Crippen molar-refractivity contribution in [2.24, 2.45) is 7.05 Å². The van der Waals surface area contributed by atoms with E-state index < -0.39 is 0 Å². The summed E-state index contributed by atoms with van der Waals surface area (Å²) in [6.45, 7) is 2.01. The normalized spacial score (nSPS) is 9.82. The van der Waals surface area contributed by atoms with E-state index in [9.17, 15) is 0 Å². The molecule has 0 radical (unpaired) electrons. The van der Waals surface area contributed by atoms with E-state index in [1.54, 1.807) is 0 Å². The zero-order valence-electron chi connectivity index (χ0n) is 7.50. The zero-order chi connectivity index (χ0) is 8.43. The molecule has 0 atom stereocenters. The molecule has 11 heavy (non-hydrogen) atoms. The molecule has 0 saturated carbocycles. The molecule has 0 aliphatic rings. The molecule has 1 aromatic rings. The van der Waals surface area contributed by atoms with Crippen LogP contribution in [0.15, 0.2) is 6.20 Å². The van der Waals surface area contributed by atoms with Gasteiger partial charge in [-0.15, -0.1) is 0 Å². The number of aryl methyl sites for hydroxylation is 2. The Morgan fingerprint density at radius 2 is 2.18 bits per heavy atom. The largest absolute Gasteiger partial charge is 0.275 e. The SMILES string of the molecule is Cc1nn(C)cc1C=[N+](C)C. The molecule has 0 bridgehead atoms. The van der Waals surface area contributed by atoms with Crippen molar-refractivity contribution in [3.8, 4) is 0 Å². The second kappa shape index (κ2) is 2.86. The average molecular weight is 152 g/mol. The number of rotatable bonds is 1. The molecule has 3 nitrogen and oxygen atoms in total. The van der Waals surface area contributed by atoms with Gasteiger partial charge in [0.2, 0.25) is 0 Å². The first-order valence-electron chi connectivity index (χ1n) is 3.61. The van der Waals surface area contributed by atoms with Gasteiger partial charge in [0.25, 0.3) is 0 Å². The lowest BCUT2D eigenvalue weighted by molar-refractivity contribution is -0.458. The molecule has 0 aromatic carbocycles. The second-order valence-electron chi connectivity index (χ2n) is 2.94. The molecule has 0 spiro atoms. The average Bonchev–Trinajstić information content (AvgIpc) is 2.09. The van der Waals surface area contributed by atoms with Crippen molar-refractivity contribution in [3.63, 3.8) is 0 Å². The Hall–Kier alpha value is -1.12. The van der Waals surface area contributed by atoms with E-state index in [-0.39, 0.29) is 0 Å². The lowest BCUT2D eigenvalue weighted by Gasteiger charge is -1.84. The fourth-order valence-electron chi connectivity index (χ4n) is 1.02. The van der Waals surface area contributed by atoms with Gasteiger partial charge in [-0.25, -0.2) is 4.58 Å². The summed E-state index contributed by atoms with van der Waals surface area (Å²) in [6.07, 6.45) is 4.07. The molecule has 0 aliphatic heterocycles. The summed E-state index contributed by atoms with van der Waals surface area (Å²) in [5.41, 5.74) is 2.25. The Labute approximate surface area is 67.0 Å². The quantitative estimate of drug-likeness (QED) is 0.422. The predicted molar refractivity (Wildman–Crippen MR) is 45.2 cm³/mol. The summed E-state index contributed by atoms with van der Waals surface area (Å²) in [6, 6.07) is 0. The van der Waals surface area contributed by atoms with E-state index in [1.165, 1.54) is 5.56 Å². The molecule has 1 rings (SSSR count). The van der Waals surface area contributed by atoms with Crippen LogP contribution in [0.2, 0.25) is 0 Å². The van der Waals surface area contributed by atoms with Gasteiger partial charge in [0.15, 0.2) is 6.21 Å². The van der Waals surface area contributed by atoms with Crippen molar-refractivity contribution >= 4 is 6.21 Å². The molecule has 0 saturated heterocycles. The molecule has 1 heterocycles. The standard InChI is InChI=1S/C8H14N3/c1-7-8(5-10(2)3)6-11(4)9-7/h5-6H,1-4H3/q+1. The van der Waals surface area contributed by atoms with Gasteiger partial charge in [-0.2, -0.15) is 5.10 Å². The maximum Gasteiger partial charge on any atom is 0.173 e. The topological polar surface area (TPSA) is 20.8 Å². The van der Waals surface area contributed by atoms with Crippen LogP contribution in [0.5, 0.6) is 0 Å². The molecular weight excluding hydrogens is 138 g/mol. The lowest BCUT2D eigenvalue weighted by Crippen LogP contribution is -1.99. The summed E-state index contributed by atoms with van der Waals surface area (Å²) >= 11 is 0. The third-order valence-electron chi connectivity index (χ3n) is 1.45. The van der Waals surface area contributed by atoms with Crippen LogP contribution in [-0.2, 0) is 7.05 Å². The van der Waals surface area contributed by atoms with Crippen LogP contribution in [0, 0.1) is 6.92 Å². The van der Waals surface area contributed by atoms with E-state index in [4.69, 9.17) is 0 Å². The Morgan fingerprint density at radius 3 is 2.55 bits per heavy atom. The van der Waals surface area contributed by atoms with Gasteiger partial charge in [-0.3, -0.25) is 4.68 Å². The van der Waals surface area contributed by atoms with E-state index in [1.807, 2.05) is 43.5 Å². The Balaban J connectivity index is 3.04. The van der Waals surface area contributed by atoms with Crippen molar-refractivity contribution in [3.05, 3.63) is 17.5 Å². The molecular formula is C8H14N3+. The van der Waals surface area contributed by atoms with Gasteiger partial charge in [0.1, 0.15) is 14.1 Å². The van der Waals surface area contributed by atoms with Crippen molar-refractivity contribution in [2.75, 3.05) is 14.1 Å². The molecule has 0 unspecified atom stereocenters. The fraction of sp³-hybridized carbons (Fsp3) is 0.500. The van der Waals surface area contributed by atoms with Gasteiger partial charge in [-0.1, -0.05) is 0 Å². The molecule has 0 amide bonds. The fourth-order valence-corrected chi connectivity index (χ4v) is 1.02. The van der Waals surface area contributed by atoms with Crippen LogP contribution in [0.4, 0.5) is 0 Å². The summed E-state index contributed by atoms with van der Waals surface area (Å²) in [5.74, 6) is 0. The second-order valence-corrected chi connectivity index (χ2v) is 2.94. The highest BCUT2D eigenvalue weighted by Crippen LogP contribution is 1.99. The van der Waals surface area contributed by atoms with E-state index >= 15 is 0 Å². The van der Waals surface area contributed by atoms with Gasteiger partial charge >= 0.3 is 0 Å². The number of hydrogen-bond donors (Lipinski definition) is 0. The maximum absolute atomic E-state index is 4.22. The molecule has 0 fully saturated rings. The number of nitrogens with zero attached hydrogens (tertiary/aromatic N) is 3. The minimum absolute atomic E-state index is 1.07. The smallest absolute Gasteiger partial charge is 0.173 e. The Kier molecular flexibility index (Phi) is 2.08. The summed E-state index contributed by atoms with van der Waals surface area (Å²) in [4.78, 5) is 0. The van der Waals surface area contributed by atoms with Crippen molar-refractivity contribution in [1.29, 1.82) is 0 Å². The Bertz CT molecular complexity index is 280. The molecule has 0 aliphatic carbocycles. The summed E-state index contributed by atoms with van der Waals surface area (Å²) < 4.78 is 3.84. The third kappa shape index (κ3) is 1.90.